The van der Waals surface area contributed by atoms with Crippen molar-refractivity contribution >= 4 is 17.3 Å². The molecule has 0 amide bonds. The summed E-state index contributed by atoms with van der Waals surface area (Å²) < 4.78 is 23.3. The molecule has 0 N–H and O–H groups in total. The summed E-state index contributed by atoms with van der Waals surface area (Å²) in [5.41, 5.74) is 0.518. The molecule has 1 fully saturated rings. The van der Waals surface area contributed by atoms with Crippen LogP contribution in [0.3, 0.4) is 0 Å². The monoisotopic (exact) mass is 362 g/mol. The maximum Gasteiger partial charge on any atom is 0.338 e. The van der Waals surface area contributed by atoms with Gasteiger partial charge in [-0.15, -0.1) is 11.3 Å². The second-order valence-electron chi connectivity index (χ2n) is 5.84. The van der Waals surface area contributed by atoms with Gasteiger partial charge in [-0.25, -0.2) is 4.79 Å². The maximum absolute atomic E-state index is 12.3. The van der Waals surface area contributed by atoms with Crippen LogP contribution in [0.5, 0.6) is 5.06 Å². The molecule has 0 spiro atoms. The van der Waals surface area contributed by atoms with Crippen molar-refractivity contribution in [2.75, 3.05) is 6.61 Å². The highest BCUT2D eigenvalue weighted by atomic mass is 32.1. The second-order valence-corrected chi connectivity index (χ2v) is 6.75. The predicted molar refractivity (Wildman–Crippen MR) is 95.0 cm³/mol. The first kappa shape index (κ1) is 17.9. The van der Waals surface area contributed by atoms with Crippen LogP contribution < -0.4 is 4.74 Å². The van der Waals surface area contributed by atoms with Crippen molar-refractivity contribution in [2.45, 2.75) is 44.9 Å². The van der Waals surface area contributed by atoms with Crippen LogP contribution in [0.25, 0.3) is 0 Å². The van der Waals surface area contributed by atoms with Crippen molar-refractivity contribution in [1.29, 1.82) is 0 Å². The van der Waals surface area contributed by atoms with Crippen LogP contribution in [-0.4, -0.2) is 37.2 Å². The molecule has 134 valence electrons. The Kier molecular flexibility index (Phi) is 6.07. The number of hydrogen-bond donors (Lipinski definition) is 0. The van der Waals surface area contributed by atoms with Gasteiger partial charge in [0.1, 0.15) is 12.2 Å². The smallest absolute Gasteiger partial charge is 0.338 e. The van der Waals surface area contributed by atoms with E-state index in [0.717, 1.165) is 11.5 Å². The number of carbonyl (C=O) groups excluding carboxylic acids is 1. The minimum Gasteiger partial charge on any atom is -0.476 e. The van der Waals surface area contributed by atoms with E-state index in [2.05, 4.69) is 0 Å². The van der Waals surface area contributed by atoms with Gasteiger partial charge in [-0.1, -0.05) is 25.1 Å². The van der Waals surface area contributed by atoms with Gasteiger partial charge < -0.3 is 18.9 Å². The fourth-order valence-corrected chi connectivity index (χ4v) is 3.31. The van der Waals surface area contributed by atoms with E-state index < -0.39 is 12.2 Å². The Morgan fingerprint density at radius 3 is 2.76 bits per heavy atom. The highest BCUT2D eigenvalue weighted by Crippen LogP contribution is 2.27. The number of benzene rings is 1. The van der Waals surface area contributed by atoms with E-state index in [4.69, 9.17) is 18.9 Å². The SMILES string of the molecule is CC[C@@H]1OC[C@H](Oc2cccs2)[C@@H](C(C)OC(=O)c2ccccc2)O1. The van der Waals surface area contributed by atoms with Crippen molar-refractivity contribution < 1.29 is 23.7 Å². The Morgan fingerprint density at radius 2 is 2.08 bits per heavy atom. The van der Waals surface area contributed by atoms with Gasteiger partial charge in [0.15, 0.2) is 17.5 Å². The topological polar surface area (TPSA) is 54.0 Å². The average molecular weight is 362 g/mol. The van der Waals surface area contributed by atoms with Crippen molar-refractivity contribution in [1.82, 2.24) is 0 Å². The number of ether oxygens (including phenoxy) is 4. The third-order valence-electron chi connectivity index (χ3n) is 3.98. The van der Waals surface area contributed by atoms with Gasteiger partial charge >= 0.3 is 5.97 Å². The number of hydrogen-bond acceptors (Lipinski definition) is 6. The zero-order valence-electron chi connectivity index (χ0n) is 14.3. The summed E-state index contributed by atoms with van der Waals surface area (Å²) >= 11 is 1.51. The lowest BCUT2D eigenvalue weighted by Crippen LogP contribution is -2.52. The Bertz CT molecular complexity index is 658. The van der Waals surface area contributed by atoms with Gasteiger partial charge in [0.25, 0.3) is 0 Å². The maximum atomic E-state index is 12.3. The molecule has 1 saturated heterocycles. The van der Waals surface area contributed by atoms with Gasteiger partial charge in [0.05, 0.1) is 12.2 Å². The molecule has 0 saturated carbocycles. The molecule has 4 atom stereocenters. The second kappa shape index (κ2) is 8.47. The quantitative estimate of drug-likeness (QED) is 0.730. The molecule has 2 heterocycles. The third kappa shape index (κ3) is 4.60. The molecule has 1 aromatic carbocycles. The number of esters is 1. The molecule has 6 heteroatoms. The first-order chi connectivity index (χ1) is 12.2. The normalized spacial score (nSPS) is 24.5. The molecule has 3 rings (SSSR count). The van der Waals surface area contributed by atoms with Crippen LogP contribution in [-0.2, 0) is 14.2 Å². The van der Waals surface area contributed by atoms with Crippen molar-refractivity contribution in [3.05, 3.63) is 53.4 Å². The van der Waals surface area contributed by atoms with E-state index >= 15 is 0 Å². The van der Waals surface area contributed by atoms with E-state index in [1.807, 2.05) is 49.6 Å². The summed E-state index contributed by atoms with van der Waals surface area (Å²) in [4.78, 5) is 12.3. The molecule has 0 bridgehead atoms. The van der Waals surface area contributed by atoms with Crippen LogP contribution in [0.4, 0.5) is 0 Å². The summed E-state index contributed by atoms with van der Waals surface area (Å²) in [5.74, 6) is -0.369. The predicted octanol–water partition coefficient (Wildman–Crippen LogP) is 3.89. The first-order valence-electron chi connectivity index (χ1n) is 8.40. The van der Waals surface area contributed by atoms with Crippen LogP contribution in [0.15, 0.2) is 47.8 Å². The van der Waals surface area contributed by atoms with Gasteiger partial charge in [-0.3, -0.25) is 0 Å². The molecular weight excluding hydrogens is 340 g/mol. The van der Waals surface area contributed by atoms with Crippen LogP contribution in [0.2, 0.25) is 0 Å². The Hall–Kier alpha value is -1.89. The minimum absolute atomic E-state index is 0.314. The third-order valence-corrected chi connectivity index (χ3v) is 4.74. The molecule has 2 aromatic rings. The van der Waals surface area contributed by atoms with Crippen LogP contribution >= 0.6 is 11.3 Å². The first-order valence-corrected chi connectivity index (χ1v) is 9.28. The molecule has 25 heavy (non-hydrogen) atoms. The summed E-state index contributed by atoms with van der Waals surface area (Å²) in [7, 11) is 0. The summed E-state index contributed by atoms with van der Waals surface area (Å²) in [6.45, 7) is 4.21. The van der Waals surface area contributed by atoms with E-state index in [1.165, 1.54) is 11.3 Å². The van der Waals surface area contributed by atoms with Crippen molar-refractivity contribution in [3.63, 3.8) is 0 Å². The van der Waals surface area contributed by atoms with Crippen molar-refractivity contribution in [3.8, 4) is 5.06 Å². The summed E-state index contributed by atoms with van der Waals surface area (Å²) in [6.07, 6.45) is -0.781. The van der Waals surface area contributed by atoms with Gasteiger partial charge in [-0.2, -0.15) is 0 Å². The van der Waals surface area contributed by atoms with E-state index in [-0.39, 0.29) is 18.4 Å². The van der Waals surface area contributed by atoms with Crippen molar-refractivity contribution in [2.24, 2.45) is 0 Å². The Labute approximate surface area is 151 Å². The highest BCUT2D eigenvalue weighted by molar-refractivity contribution is 7.11. The Balaban J connectivity index is 1.68. The fraction of sp³-hybridized carbons (Fsp3) is 0.421. The van der Waals surface area contributed by atoms with E-state index in [1.54, 1.807) is 12.1 Å². The van der Waals surface area contributed by atoms with E-state index in [0.29, 0.717) is 12.2 Å². The average Bonchev–Trinajstić information content (AvgIpc) is 3.15. The molecular formula is C19H22O5S. The lowest BCUT2D eigenvalue weighted by molar-refractivity contribution is -0.264. The largest absolute Gasteiger partial charge is 0.476 e. The molecule has 1 aliphatic rings. The highest BCUT2D eigenvalue weighted by Gasteiger charge is 2.38. The molecule has 0 radical (unpaired) electrons. The lowest BCUT2D eigenvalue weighted by Gasteiger charge is -2.38. The molecule has 5 nitrogen and oxygen atoms in total. The number of carbonyl (C=O) groups is 1. The molecule has 1 aromatic heterocycles. The van der Waals surface area contributed by atoms with Gasteiger partial charge in [0.2, 0.25) is 0 Å². The molecule has 0 aliphatic carbocycles. The summed E-state index contributed by atoms with van der Waals surface area (Å²) in [5, 5.41) is 2.74. The number of rotatable bonds is 6. The molecule has 1 unspecified atom stereocenters. The van der Waals surface area contributed by atoms with Gasteiger partial charge in [0, 0.05) is 0 Å². The minimum atomic E-state index is -0.462. The lowest BCUT2D eigenvalue weighted by atomic mass is 10.1. The van der Waals surface area contributed by atoms with E-state index in [9.17, 15) is 4.79 Å². The number of thiophene rings is 1. The van der Waals surface area contributed by atoms with Crippen LogP contribution in [0, 0.1) is 0 Å². The van der Waals surface area contributed by atoms with Gasteiger partial charge in [-0.05, 0) is 43.0 Å². The summed E-state index contributed by atoms with van der Waals surface area (Å²) in [6, 6.07) is 12.8. The standard InChI is InChI=1S/C19H22O5S/c1-3-16-21-12-15(23-17-10-7-11-25-17)18(24-16)13(2)22-19(20)14-8-5-4-6-9-14/h4-11,13,15-16,18H,3,12H2,1-2H3/t13?,15-,16+,18+/m0/s1. The Morgan fingerprint density at radius 1 is 1.28 bits per heavy atom. The van der Waals surface area contributed by atoms with Crippen LogP contribution in [0.1, 0.15) is 30.6 Å². The fourth-order valence-electron chi connectivity index (χ4n) is 2.69. The zero-order valence-corrected chi connectivity index (χ0v) is 15.1. The molecule has 1 aliphatic heterocycles. The zero-order chi connectivity index (χ0) is 17.6.